The molecule has 0 aromatic heterocycles. The van der Waals surface area contributed by atoms with Crippen LogP contribution in [0.1, 0.15) is 13.3 Å². The number of carbonyl (C=O) groups is 1. The van der Waals surface area contributed by atoms with E-state index >= 15 is 0 Å². The second-order valence-electron chi connectivity index (χ2n) is 5.27. The Labute approximate surface area is 140 Å². The molecule has 23 heavy (non-hydrogen) atoms. The van der Waals surface area contributed by atoms with Gasteiger partial charge in [-0.25, -0.2) is 0 Å². The molecule has 0 heterocycles. The van der Waals surface area contributed by atoms with Crippen LogP contribution in [0.15, 0.2) is 42.5 Å². The van der Waals surface area contributed by atoms with Crippen LogP contribution >= 0.6 is 11.8 Å². The Morgan fingerprint density at radius 3 is 2.74 bits per heavy atom. The van der Waals surface area contributed by atoms with Gasteiger partial charge in [0.1, 0.15) is 6.10 Å². The Balaban J connectivity index is 1.87. The highest BCUT2D eigenvalue weighted by atomic mass is 32.2. The maximum Gasteiger partial charge on any atom is 0.268 e. The van der Waals surface area contributed by atoms with Crippen molar-refractivity contribution in [3.63, 3.8) is 0 Å². The molecule has 124 valence electrons. The van der Waals surface area contributed by atoms with Crippen LogP contribution in [0, 0.1) is 0 Å². The van der Waals surface area contributed by atoms with E-state index < -0.39 is 18.1 Å². The molecule has 0 saturated carbocycles. The largest absolute Gasteiger partial charge is 0.382 e. The first-order chi connectivity index (χ1) is 11.1. The van der Waals surface area contributed by atoms with Crippen molar-refractivity contribution in [3.05, 3.63) is 42.5 Å². The highest BCUT2D eigenvalue weighted by Gasteiger charge is 2.22. The molecular weight excluding hydrogens is 310 g/mol. The highest BCUT2D eigenvalue weighted by molar-refractivity contribution is 7.99. The molecule has 2 unspecified atom stereocenters. The molecule has 0 spiro atoms. The average molecular weight is 333 g/mol. The standard InChI is InChI=1S/C17H23N3O2S/c1-2-23-10-9-15(18)16(21)17(22)20-19-14-8-7-12-5-3-4-6-13(12)11-14/h3-8,11,15-16,19,21H,2,9-10,18H2,1H3,(H,20,22). The van der Waals surface area contributed by atoms with Gasteiger partial charge in [-0.1, -0.05) is 37.3 Å². The van der Waals surface area contributed by atoms with Gasteiger partial charge < -0.3 is 10.8 Å². The summed E-state index contributed by atoms with van der Waals surface area (Å²) >= 11 is 1.74. The quantitative estimate of drug-likeness (QED) is 0.439. The molecule has 5 N–H and O–H groups in total. The third kappa shape index (κ3) is 5.13. The van der Waals surface area contributed by atoms with Gasteiger partial charge in [0.25, 0.3) is 5.91 Å². The number of carbonyl (C=O) groups excluding carboxylic acids is 1. The van der Waals surface area contributed by atoms with E-state index in [4.69, 9.17) is 5.73 Å². The van der Waals surface area contributed by atoms with Crippen LogP contribution < -0.4 is 16.6 Å². The van der Waals surface area contributed by atoms with Crippen molar-refractivity contribution in [2.24, 2.45) is 5.73 Å². The Hall–Kier alpha value is -1.76. The lowest BCUT2D eigenvalue weighted by molar-refractivity contribution is -0.129. The number of nitrogens with one attached hydrogen (secondary N) is 2. The molecule has 0 radical (unpaired) electrons. The van der Waals surface area contributed by atoms with Gasteiger partial charge in [-0.2, -0.15) is 11.8 Å². The molecule has 2 rings (SSSR count). The third-order valence-corrected chi connectivity index (χ3v) is 4.49. The Morgan fingerprint density at radius 2 is 2.00 bits per heavy atom. The fourth-order valence-electron chi connectivity index (χ4n) is 2.19. The van der Waals surface area contributed by atoms with E-state index in [0.717, 1.165) is 28.0 Å². The van der Waals surface area contributed by atoms with Crippen molar-refractivity contribution in [2.75, 3.05) is 16.9 Å². The summed E-state index contributed by atoms with van der Waals surface area (Å²) in [6, 6.07) is 13.2. The van der Waals surface area contributed by atoms with Gasteiger partial charge in [0, 0.05) is 6.04 Å². The molecule has 6 heteroatoms. The normalized spacial score (nSPS) is 13.5. The summed E-state index contributed by atoms with van der Waals surface area (Å²) in [6.45, 7) is 2.06. The fraction of sp³-hybridized carbons (Fsp3) is 0.353. The van der Waals surface area contributed by atoms with Gasteiger partial charge >= 0.3 is 0 Å². The molecule has 1 amide bonds. The molecule has 0 bridgehead atoms. The predicted octanol–water partition coefficient (Wildman–Crippen LogP) is 2.11. The smallest absolute Gasteiger partial charge is 0.268 e. The number of fused-ring (bicyclic) bond motifs is 1. The molecule has 0 fully saturated rings. The molecule has 0 saturated heterocycles. The van der Waals surface area contributed by atoms with Crippen LogP contribution in [0.25, 0.3) is 10.8 Å². The zero-order chi connectivity index (χ0) is 16.7. The monoisotopic (exact) mass is 333 g/mol. The minimum Gasteiger partial charge on any atom is -0.382 e. The zero-order valence-electron chi connectivity index (χ0n) is 13.2. The molecule has 2 atom stereocenters. The van der Waals surface area contributed by atoms with Gasteiger partial charge in [0.2, 0.25) is 0 Å². The molecule has 5 nitrogen and oxygen atoms in total. The van der Waals surface area contributed by atoms with Gasteiger partial charge in [-0.05, 0) is 40.8 Å². The number of hydrogen-bond acceptors (Lipinski definition) is 5. The van der Waals surface area contributed by atoms with Crippen LogP contribution in [-0.4, -0.2) is 34.7 Å². The molecule has 0 aliphatic carbocycles. The first-order valence-corrected chi connectivity index (χ1v) is 8.83. The fourth-order valence-corrected chi connectivity index (χ4v) is 2.92. The number of aliphatic hydroxyl groups is 1. The van der Waals surface area contributed by atoms with E-state index in [-0.39, 0.29) is 0 Å². The lowest BCUT2D eigenvalue weighted by atomic mass is 10.1. The molecular formula is C17H23N3O2S. The Morgan fingerprint density at radius 1 is 1.26 bits per heavy atom. The topological polar surface area (TPSA) is 87.4 Å². The molecule has 0 aliphatic rings. The summed E-state index contributed by atoms with van der Waals surface area (Å²) in [5.41, 5.74) is 11.9. The van der Waals surface area contributed by atoms with E-state index in [1.165, 1.54) is 0 Å². The summed E-state index contributed by atoms with van der Waals surface area (Å²) < 4.78 is 0. The van der Waals surface area contributed by atoms with Crippen LogP contribution in [-0.2, 0) is 4.79 Å². The number of benzene rings is 2. The van der Waals surface area contributed by atoms with Crippen LogP contribution in [0.2, 0.25) is 0 Å². The summed E-state index contributed by atoms with van der Waals surface area (Å²) in [5, 5.41) is 12.1. The third-order valence-electron chi connectivity index (χ3n) is 3.55. The van der Waals surface area contributed by atoms with Crippen molar-refractivity contribution in [2.45, 2.75) is 25.5 Å². The van der Waals surface area contributed by atoms with Gasteiger partial charge in [0.15, 0.2) is 0 Å². The average Bonchev–Trinajstić information content (AvgIpc) is 2.58. The summed E-state index contributed by atoms with van der Waals surface area (Å²) in [7, 11) is 0. The van der Waals surface area contributed by atoms with Crippen molar-refractivity contribution >= 4 is 34.1 Å². The number of anilines is 1. The minimum atomic E-state index is -1.22. The summed E-state index contributed by atoms with van der Waals surface area (Å²) in [6.07, 6.45) is -0.622. The first-order valence-electron chi connectivity index (χ1n) is 7.68. The summed E-state index contributed by atoms with van der Waals surface area (Å²) in [5.74, 6) is 1.31. The Kier molecular flexibility index (Phi) is 6.70. The second-order valence-corrected chi connectivity index (χ2v) is 6.66. The Bertz CT molecular complexity index is 651. The molecule has 0 aliphatic heterocycles. The number of rotatable bonds is 8. The van der Waals surface area contributed by atoms with E-state index in [2.05, 4.69) is 17.8 Å². The lowest BCUT2D eigenvalue weighted by Gasteiger charge is -2.18. The van der Waals surface area contributed by atoms with Crippen LogP contribution in [0.3, 0.4) is 0 Å². The van der Waals surface area contributed by atoms with E-state index in [0.29, 0.717) is 6.42 Å². The maximum atomic E-state index is 11.9. The van der Waals surface area contributed by atoms with Gasteiger partial charge in [0.05, 0.1) is 5.69 Å². The predicted molar refractivity (Wildman–Crippen MR) is 97.3 cm³/mol. The number of hydrazine groups is 1. The number of hydrogen-bond donors (Lipinski definition) is 4. The maximum absolute atomic E-state index is 11.9. The lowest BCUT2D eigenvalue weighted by Crippen LogP contribution is -2.48. The van der Waals surface area contributed by atoms with Crippen molar-refractivity contribution in [1.82, 2.24) is 5.43 Å². The van der Waals surface area contributed by atoms with Crippen molar-refractivity contribution in [1.29, 1.82) is 0 Å². The first kappa shape index (κ1) is 17.6. The summed E-state index contributed by atoms with van der Waals surface area (Å²) in [4.78, 5) is 11.9. The second kappa shape index (κ2) is 8.76. The molecule has 2 aromatic rings. The van der Waals surface area contributed by atoms with Crippen molar-refractivity contribution < 1.29 is 9.90 Å². The van der Waals surface area contributed by atoms with Crippen LogP contribution in [0.4, 0.5) is 5.69 Å². The van der Waals surface area contributed by atoms with E-state index in [9.17, 15) is 9.90 Å². The zero-order valence-corrected chi connectivity index (χ0v) is 14.0. The van der Waals surface area contributed by atoms with Gasteiger partial charge in [-0.3, -0.25) is 15.6 Å². The number of amides is 1. The van der Waals surface area contributed by atoms with E-state index in [1.54, 1.807) is 11.8 Å². The SMILES string of the molecule is CCSCCC(N)C(O)C(=O)NNc1ccc2ccccc2c1. The van der Waals surface area contributed by atoms with Crippen LogP contribution in [0.5, 0.6) is 0 Å². The van der Waals surface area contributed by atoms with Gasteiger partial charge in [-0.15, -0.1) is 0 Å². The minimum absolute atomic E-state index is 0.521. The van der Waals surface area contributed by atoms with Crippen molar-refractivity contribution in [3.8, 4) is 0 Å². The van der Waals surface area contributed by atoms with E-state index in [1.807, 2.05) is 42.5 Å². The molecule has 2 aromatic carbocycles. The number of aliphatic hydroxyl groups excluding tert-OH is 1. The highest BCUT2D eigenvalue weighted by Crippen LogP contribution is 2.18. The number of thioether (sulfide) groups is 1. The number of nitrogens with two attached hydrogens (primary N) is 1.